The number of benzene rings is 2. The number of amides is 1. The van der Waals surface area contributed by atoms with Crippen LogP contribution in [-0.4, -0.2) is 24.9 Å². The summed E-state index contributed by atoms with van der Waals surface area (Å²) in [6, 6.07) is 12.6. The molecule has 5 heteroatoms. The van der Waals surface area contributed by atoms with Gasteiger partial charge in [-0.2, -0.15) is 0 Å². The van der Waals surface area contributed by atoms with Crippen LogP contribution < -0.4 is 11.1 Å². The average molecular weight is 290 g/mol. The summed E-state index contributed by atoms with van der Waals surface area (Å²) in [6.45, 7) is 0. The quantitative estimate of drug-likeness (QED) is 0.852. The van der Waals surface area contributed by atoms with E-state index in [0.717, 1.165) is 5.69 Å². The number of rotatable bonds is 3. The van der Waals surface area contributed by atoms with E-state index in [0.29, 0.717) is 22.0 Å². The van der Waals surface area contributed by atoms with Gasteiger partial charge >= 0.3 is 0 Å². The first-order valence-electron chi connectivity index (χ1n) is 6.12. The Kier molecular flexibility index (Phi) is 4.15. The molecule has 2 rings (SSSR count). The first kappa shape index (κ1) is 14.2. The molecule has 0 aromatic heterocycles. The van der Waals surface area contributed by atoms with E-state index in [1.54, 1.807) is 38.4 Å². The third kappa shape index (κ3) is 3.03. The maximum absolute atomic E-state index is 11.8. The van der Waals surface area contributed by atoms with Crippen molar-refractivity contribution in [3.63, 3.8) is 0 Å². The Hall–Kier alpha value is -2.20. The van der Waals surface area contributed by atoms with Crippen molar-refractivity contribution < 1.29 is 4.79 Å². The largest absolute Gasteiger partial charge is 0.397 e. The molecule has 0 aliphatic carbocycles. The smallest absolute Gasteiger partial charge is 0.253 e. The molecule has 0 aliphatic heterocycles. The third-order valence-corrected chi connectivity index (χ3v) is 3.18. The highest BCUT2D eigenvalue weighted by Crippen LogP contribution is 2.28. The van der Waals surface area contributed by atoms with Crippen molar-refractivity contribution in [2.75, 3.05) is 25.1 Å². The van der Waals surface area contributed by atoms with Gasteiger partial charge in [0, 0.05) is 19.7 Å². The zero-order valence-electron chi connectivity index (χ0n) is 11.4. The molecule has 0 atom stereocenters. The fraction of sp³-hybridized carbons (Fsp3) is 0.133. The van der Waals surface area contributed by atoms with E-state index in [9.17, 15) is 4.79 Å². The fourth-order valence-electron chi connectivity index (χ4n) is 1.78. The Morgan fingerprint density at radius 3 is 2.45 bits per heavy atom. The zero-order chi connectivity index (χ0) is 14.7. The van der Waals surface area contributed by atoms with E-state index in [2.05, 4.69) is 5.32 Å². The number of para-hydroxylation sites is 1. The molecule has 0 unspecified atom stereocenters. The Bertz CT molecular complexity index is 641. The second-order valence-corrected chi connectivity index (χ2v) is 5.01. The number of hydrogen-bond donors (Lipinski definition) is 2. The zero-order valence-corrected chi connectivity index (χ0v) is 12.1. The lowest BCUT2D eigenvalue weighted by Crippen LogP contribution is -2.21. The molecule has 0 aliphatic rings. The Labute approximate surface area is 123 Å². The summed E-state index contributed by atoms with van der Waals surface area (Å²) in [5, 5.41) is 3.77. The Balaban J connectivity index is 2.27. The van der Waals surface area contributed by atoms with Crippen LogP contribution >= 0.6 is 11.6 Å². The minimum Gasteiger partial charge on any atom is -0.397 e. The lowest BCUT2D eigenvalue weighted by atomic mass is 10.1. The van der Waals surface area contributed by atoms with Gasteiger partial charge in [-0.3, -0.25) is 4.79 Å². The molecule has 3 N–H and O–H groups in total. The van der Waals surface area contributed by atoms with Crippen LogP contribution in [0.5, 0.6) is 0 Å². The maximum atomic E-state index is 11.8. The number of hydrogen-bond acceptors (Lipinski definition) is 3. The number of nitrogens with two attached hydrogens (primary N) is 1. The van der Waals surface area contributed by atoms with Gasteiger partial charge in [0.15, 0.2) is 0 Å². The van der Waals surface area contributed by atoms with Gasteiger partial charge in [0.1, 0.15) is 0 Å². The molecule has 2 aromatic rings. The molecule has 0 heterocycles. The van der Waals surface area contributed by atoms with Crippen molar-refractivity contribution in [2.45, 2.75) is 0 Å². The molecule has 20 heavy (non-hydrogen) atoms. The van der Waals surface area contributed by atoms with Gasteiger partial charge in [-0.15, -0.1) is 0 Å². The van der Waals surface area contributed by atoms with Gasteiger partial charge in [0.25, 0.3) is 5.91 Å². The van der Waals surface area contributed by atoms with E-state index in [4.69, 9.17) is 17.3 Å². The molecule has 0 spiro atoms. The second-order valence-electron chi connectivity index (χ2n) is 4.61. The predicted molar refractivity (Wildman–Crippen MR) is 83.6 cm³/mol. The molecule has 4 nitrogen and oxygen atoms in total. The van der Waals surface area contributed by atoms with Crippen LogP contribution in [0.4, 0.5) is 17.1 Å². The first-order chi connectivity index (χ1) is 9.49. The van der Waals surface area contributed by atoms with Gasteiger partial charge in [-0.25, -0.2) is 0 Å². The monoisotopic (exact) mass is 289 g/mol. The van der Waals surface area contributed by atoms with Crippen LogP contribution in [-0.2, 0) is 0 Å². The summed E-state index contributed by atoms with van der Waals surface area (Å²) in [5.74, 6) is -0.0824. The second kappa shape index (κ2) is 5.84. The lowest BCUT2D eigenvalue weighted by Gasteiger charge is -2.14. The number of halogens is 1. The summed E-state index contributed by atoms with van der Waals surface area (Å²) in [4.78, 5) is 13.4. The number of nitrogens with zero attached hydrogens (tertiary/aromatic N) is 1. The minimum atomic E-state index is -0.0824. The molecule has 0 saturated carbocycles. The van der Waals surface area contributed by atoms with E-state index in [1.807, 2.05) is 18.2 Å². The highest BCUT2D eigenvalue weighted by molar-refractivity contribution is 6.33. The molecule has 0 fully saturated rings. The van der Waals surface area contributed by atoms with Gasteiger partial charge in [-0.1, -0.05) is 23.7 Å². The van der Waals surface area contributed by atoms with Gasteiger partial charge in [0.05, 0.1) is 22.1 Å². The van der Waals surface area contributed by atoms with Gasteiger partial charge in [0.2, 0.25) is 0 Å². The van der Waals surface area contributed by atoms with Crippen LogP contribution in [0.25, 0.3) is 0 Å². The maximum Gasteiger partial charge on any atom is 0.253 e. The topological polar surface area (TPSA) is 58.4 Å². The highest BCUT2D eigenvalue weighted by Gasteiger charge is 2.10. The molecule has 0 bridgehead atoms. The molecule has 0 saturated heterocycles. The number of nitrogen functional groups attached to an aromatic ring is 1. The summed E-state index contributed by atoms with van der Waals surface area (Å²) in [5.41, 5.74) is 8.52. The summed E-state index contributed by atoms with van der Waals surface area (Å²) >= 11 is 6.09. The van der Waals surface area contributed by atoms with Crippen LogP contribution in [0, 0.1) is 0 Å². The molecule has 104 valence electrons. The van der Waals surface area contributed by atoms with Crippen molar-refractivity contribution in [1.82, 2.24) is 4.90 Å². The summed E-state index contributed by atoms with van der Waals surface area (Å²) < 4.78 is 0. The molecular weight excluding hydrogens is 274 g/mol. The summed E-state index contributed by atoms with van der Waals surface area (Å²) in [6.07, 6.45) is 0. The molecule has 0 radical (unpaired) electrons. The molecule has 2 aromatic carbocycles. The van der Waals surface area contributed by atoms with Crippen molar-refractivity contribution in [2.24, 2.45) is 0 Å². The van der Waals surface area contributed by atoms with Crippen molar-refractivity contribution in [1.29, 1.82) is 0 Å². The van der Waals surface area contributed by atoms with E-state index >= 15 is 0 Å². The standard InChI is InChI=1S/C15H16ClN3O/c1-19(2)15(20)10-7-8-14(12(17)9-10)18-13-6-4-3-5-11(13)16/h3-9,18H,17H2,1-2H3. The SMILES string of the molecule is CN(C)C(=O)c1ccc(Nc2ccccc2Cl)c(N)c1. The lowest BCUT2D eigenvalue weighted by molar-refractivity contribution is 0.0827. The highest BCUT2D eigenvalue weighted by atomic mass is 35.5. The van der Waals surface area contributed by atoms with Crippen LogP contribution in [0.2, 0.25) is 5.02 Å². The number of carbonyl (C=O) groups excluding carboxylic acids is 1. The number of carbonyl (C=O) groups is 1. The van der Waals surface area contributed by atoms with Crippen molar-refractivity contribution >= 4 is 34.6 Å². The minimum absolute atomic E-state index is 0.0824. The Morgan fingerprint density at radius 1 is 1.15 bits per heavy atom. The van der Waals surface area contributed by atoms with Gasteiger partial charge in [-0.05, 0) is 30.3 Å². The van der Waals surface area contributed by atoms with Crippen LogP contribution in [0.1, 0.15) is 10.4 Å². The molecular formula is C15H16ClN3O. The normalized spacial score (nSPS) is 10.2. The summed E-state index contributed by atoms with van der Waals surface area (Å²) in [7, 11) is 3.41. The first-order valence-corrected chi connectivity index (χ1v) is 6.49. The van der Waals surface area contributed by atoms with E-state index in [-0.39, 0.29) is 5.91 Å². The number of nitrogens with one attached hydrogen (secondary N) is 1. The van der Waals surface area contributed by atoms with Crippen molar-refractivity contribution in [3.05, 3.63) is 53.1 Å². The van der Waals surface area contributed by atoms with Crippen molar-refractivity contribution in [3.8, 4) is 0 Å². The average Bonchev–Trinajstić information content (AvgIpc) is 2.42. The van der Waals surface area contributed by atoms with Gasteiger partial charge < -0.3 is 16.0 Å². The third-order valence-electron chi connectivity index (χ3n) is 2.85. The van der Waals surface area contributed by atoms with E-state index in [1.165, 1.54) is 4.90 Å². The van der Waals surface area contributed by atoms with E-state index < -0.39 is 0 Å². The predicted octanol–water partition coefficient (Wildman–Crippen LogP) is 3.37. The van der Waals surface area contributed by atoms with Crippen LogP contribution in [0.3, 0.4) is 0 Å². The molecule has 1 amide bonds. The number of anilines is 3. The Morgan fingerprint density at radius 2 is 1.85 bits per heavy atom. The fourth-order valence-corrected chi connectivity index (χ4v) is 1.96. The van der Waals surface area contributed by atoms with Crippen LogP contribution in [0.15, 0.2) is 42.5 Å².